The van der Waals surface area contributed by atoms with Gasteiger partial charge < -0.3 is 14.3 Å². The van der Waals surface area contributed by atoms with Crippen molar-refractivity contribution < 1.29 is 4.74 Å². The topological polar surface area (TPSA) is 29.9 Å². The molecule has 1 heterocycles. The van der Waals surface area contributed by atoms with Crippen LogP contribution in [0.3, 0.4) is 0 Å². The largest absolute Gasteiger partial charge is 0.492 e. The summed E-state index contributed by atoms with van der Waals surface area (Å²) in [6, 6.07) is 6.54. The predicted molar refractivity (Wildman–Crippen MR) is 91.7 cm³/mol. The molecule has 4 heteroatoms. The van der Waals surface area contributed by atoms with Gasteiger partial charge >= 0.3 is 0 Å². The molecule has 0 aliphatic rings. The molecule has 116 valence electrons. The monoisotopic (exact) mass is 306 g/mol. The van der Waals surface area contributed by atoms with Gasteiger partial charge in [-0.2, -0.15) is 0 Å². The first-order chi connectivity index (χ1) is 10.0. The number of H-pyrrole nitrogens is 1. The molecule has 0 amide bonds. The lowest BCUT2D eigenvalue weighted by atomic mass is 10.0. The number of rotatable bonds is 7. The van der Waals surface area contributed by atoms with E-state index in [4.69, 9.17) is 17.0 Å². The SMILES string of the molecule is CCOc1cccc2c1[nH]c(=S)n2C(C)CCCC(C)C. The van der Waals surface area contributed by atoms with Crippen LogP contribution in [-0.2, 0) is 0 Å². The molecule has 2 rings (SSSR count). The molecular formula is C17H26N2OS. The zero-order valence-corrected chi connectivity index (χ0v) is 14.3. The highest BCUT2D eigenvalue weighted by atomic mass is 32.1. The van der Waals surface area contributed by atoms with Gasteiger partial charge in [0.1, 0.15) is 11.3 Å². The van der Waals surface area contributed by atoms with Crippen molar-refractivity contribution in [3.05, 3.63) is 23.0 Å². The lowest BCUT2D eigenvalue weighted by Gasteiger charge is -2.15. The number of aromatic amines is 1. The maximum absolute atomic E-state index is 5.69. The molecule has 2 aromatic rings. The number of hydrogen-bond donors (Lipinski definition) is 1. The van der Waals surface area contributed by atoms with Crippen molar-refractivity contribution in [1.82, 2.24) is 9.55 Å². The summed E-state index contributed by atoms with van der Waals surface area (Å²) in [5.74, 6) is 1.65. The molecule has 0 aliphatic heterocycles. The van der Waals surface area contributed by atoms with E-state index in [1.165, 1.54) is 12.8 Å². The molecule has 0 spiro atoms. The van der Waals surface area contributed by atoms with Crippen molar-refractivity contribution in [1.29, 1.82) is 0 Å². The Balaban J connectivity index is 2.29. The van der Waals surface area contributed by atoms with E-state index in [0.717, 1.165) is 33.9 Å². The Kier molecular flexibility index (Phi) is 5.45. The van der Waals surface area contributed by atoms with Gasteiger partial charge in [0.15, 0.2) is 4.77 Å². The molecule has 1 unspecified atom stereocenters. The van der Waals surface area contributed by atoms with E-state index in [9.17, 15) is 0 Å². The van der Waals surface area contributed by atoms with Crippen LogP contribution in [-0.4, -0.2) is 16.2 Å². The second-order valence-electron chi connectivity index (χ2n) is 6.06. The standard InChI is InChI=1S/C17H26N2OS/c1-5-20-15-11-7-10-14-16(15)18-17(21)19(14)13(4)9-6-8-12(2)3/h7,10-13H,5-6,8-9H2,1-4H3,(H,18,21). The Morgan fingerprint density at radius 3 is 2.67 bits per heavy atom. The van der Waals surface area contributed by atoms with Gasteiger partial charge in [0, 0.05) is 6.04 Å². The molecule has 1 aromatic carbocycles. The molecule has 0 fully saturated rings. The van der Waals surface area contributed by atoms with E-state index in [-0.39, 0.29) is 0 Å². The average molecular weight is 306 g/mol. The van der Waals surface area contributed by atoms with Crippen LogP contribution in [0.15, 0.2) is 18.2 Å². The summed E-state index contributed by atoms with van der Waals surface area (Å²) in [4.78, 5) is 3.31. The number of aromatic nitrogens is 2. The van der Waals surface area contributed by atoms with E-state index >= 15 is 0 Å². The van der Waals surface area contributed by atoms with Crippen LogP contribution in [0.4, 0.5) is 0 Å². The maximum atomic E-state index is 5.69. The number of para-hydroxylation sites is 1. The van der Waals surface area contributed by atoms with Gasteiger partial charge in [-0.05, 0) is 50.5 Å². The van der Waals surface area contributed by atoms with Crippen LogP contribution >= 0.6 is 12.2 Å². The summed E-state index contributed by atoms with van der Waals surface area (Å²) in [7, 11) is 0. The minimum absolute atomic E-state index is 0.405. The number of nitrogens with zero attached hydrogens (tertiary/aromatic N) is 1. The van der Waals surface area contributed by atoms with Gasteiger partial charge in [0.05, 0.1) is 12.1 Å². The Morgan fingerprint density at radius 2 is 2.00 bits per heavy atom. The minimum atomic E-state index is 0.405. The molecule has 1 aromatic heterocycles. The molecular weight excluding hydrogens is 280 g/mol. The smallest absolute Gasteiger partial charge is 0.178 e. The summed E-state index contributed by atoms with van der Waals surface area (Å²) in [5, 5.41) is 0. The number of benzene rings is 1. The van der Waals surface area contributed by atoms with E-state index in [1.807, 2.05) is 19.1 Å². The van der Waals surface area contributed by atoms with E-state index < -0.39 is 0 Å². The van der Waals surface area contributed by atoms with E-state index in [2.05, 4.69) is 36.4 Å². The van der Waals surface area contributed by atoms with Gasteiger partial charge in [-0.3, -0.25) is 0 Å². The van der Waals surface area contributed by atoms with Gasteiger partial charge in [-0.25, -0.2) is 0 Å². The first kappa shape index (κ1) is 16.1. The number of ether oxygens (including phenoxy) is 1. The Labute approximate surface area is 132 Å². The first-order valence-corrected chi connectivity index (χ1v) is 8.31. The van der Waals surface area contributed by atoms with Crippen molar-refractivity contribution in [3.63, 3.8) is 0 Å². The predicted octanol–water partition coefficient (Wildman–Crippen LogP) is 5.48. The number of nitrogens with one attached hydrogen (secondary N) is 1. The quantitative estimate of drug-likeness (QED) is 0.686. The van der Waals surface area contributed by atoms with E-state index in [1.54, 1.807) is 0 Å². The third kappa shape index (κ3) is 3.67. The third-order valence-electron chi connectivity index (χ3n) is 3.86. The fourth-order valence-electron chi connectivity index (χ4n) is 2.79. The van der Waals surface area contributed by atoms with Crippen LogP contribution in [0.2, 0.25) is 0 Å². The van der Waals surface area contributed by atoms with Crippen LogP contribution in [0.5, 0.6) is 5.75 Å². The molecule has 0 aliphatic carbocycles. The number of hydrogen-bond acceptors (Lipinski definition) is 2. The Bertz CT molecular complexity index is 642. The van der Waals surface area contributed by atoms with Crippen LogP contribution in [0.25, 0.3) is 11.0 Å². The summed E-state index contributed by atoms with van der Waals surface area (Å²) in [6.07, 6.45) is 3.65. The van der Waals surface area contributed by atoms with Crippen molar-refractivity contribution in [2.24, 2.45) is 5.92 Å². The second kappa shape index (κ2) is 7.12. The van der Waals surface area contributed by atoms with Gasteiger partial charge in [-0.15, -0.1) is 0 Å². The van der Waals surface area contributed by atoms with Crippen molar-refractivity contribution >= 4 is 23.3 Å². The van der Waals surface area contributed by atoms with Crippen molar-refractivity contribution in [2.45, 2.75) is 53.0 Å². The Morgan fingerprint density at radius 1 is 1.24 bits per heavy atom. The molecule has 1 N–H and O–H groups in total. The molecule has 0 radical (unpaired) electrons. The maximum Gasteiger partial charge on any atom is 0.178 e. The second-order valence-corrected chi connectivity index (χ2v) is 6.44. The first-order valence-electron chi connectivity index (χ1n) is 7.90. The van der Waals surface area contributed by atoms with Crippen LogP contribution < -0.4 is 4.74 Å². The molecule has 0 bridgehead atoms. The summed E-state index contributed by atoms with van der Waals surface area (Å²) < 4.78 is 8.70. The van der Waals surface area contributed by atoms with Gasteiger partial charge in [0.2, 0.25) is 0 Å². The highest BCUT2D eigenvalue weighted by Crippen LogP contribution is 2.29. The van der Waals surface area contributed by atoms with Gasteiger partial charge in [-0.1, -0.05) is 32.8 Å². The third-order valence-corrected chi connectivity index (χ3v) is 4.16. The zero-order valence-electron chi connectivity index (χ0n) is 13.5. The highest BCUT2D eigenvalue weighted by Gasteiger charge is 2.13. The van der Waals surface area contributed by atoms with Crippen molar-refractivity contribution in [2.75, 3.05) is 6.61 Å². The van der Waals surface area contributed by atoms with Crippen LogP contribution in [0.1, 0.15) is 53.0 Å². The molecule has 0 saturated carbocycles. The lowest BCUT2D eigenvalue weighted by Crippen LogP contribution is -2.05. The fourth-order valence-corrected chi connectivity index (χ4v) is 3.17. The summed E-state index contributed by atoms with van der Waals surface area (Å²) in [5.41, 5.74) is 2.16. The molecule has 1 atom stereocenters. The normalized spacial score (nSPS) is 13.0. The number of imidazole rings is 1. The molecule has 21 heavy (non-hydrogen) atoms. The Hall–Kier alpha value is -1.29. The van der Waals surface area contributed by atoms with E-state index in [0.29, 0.717) is 12.6 Å². The van der Waals surface area contributed by atoms with Crippen molar-refractivity contribution in [3.8, 4) is 5.75 Å². The molecule has 0 saturated heterocycles. The minimum Gasteiger partial charge on any atom is -0.492 e. The van der Waals surface area contributed by atoms with Crippen LogP contribution in [0, 0.1) is 10.7 Å². The summed E-state index contributed by atoms with van der Waals surface area (Å²) >= 11 is 5.53. The fraction of sp³-hybridized carbons (Fsp3) is 0.588. The zero-order chi connectivity index (χ0) is 15.4. The average Bonchev–Trinajstić information content (AvgIpc) is 2.75. The number of fused-ring (bicyclic) bond motifs is 1. The molecule has 3 nitrogen and oxygen atoms in total. The summed E-state index contributed by atoms with van der Waals surface area (Å²) in [6.45, 7) is 9.46. The highest BCUT2D eigenvalue weighted by molar-refractivity contribution is 7.71. The van der Waals surface area contributed by atoms with Gasteiger partial charge in [0.25, 0.3) is 0 Å². The lowest BCUT2D eigenvalue weighted by molar-refractivity contribution is 0.343.